The number of nitrogens with one attached hydrogen (secondary N) is 2. The lowest BCUT2D eigenvalue weighted by molar-refractivity contribution is 0.725. The third-order valence-corrected chi connectivity index (χ3v) is 2.70. The van der Waals surface area contributed by atoms with Gasteiger partial charge in [0.2, 0.25) is 0 Å². The highest BCUT2D eigenvalue weighted by Gasteiger charge is 2.06. The van der Waals surface area contributed by atoms with Crippen LogP contribution in [0.1, 0.15) is 5.56 Å². The van der Waals surface area contributed by atoms with Crippen LogP contribution in [-0.4, -0.2) is 24.8 Å². The molecule has 86 valence electrons. The maximum absolute atomic E-state index is 5.60. The van der Waals surface area contributed by atoms with Crippen LogP contribution in [0.4, 0.5) is 11.4 Å². The molecule has 4 nitrogen and oxygen atoms in total. The zero-order valence-corrected chi connectivity index (χ0v) is 9.72. The summed E-state index contributed by atoms with van der Waals surface area (Å²) in [5.74, 6) is 0.698. The molecule has 0 saturated heterocycles. The second-order valence-corrected chi connectivity index (χ2v) is 3.95. The molecule has 0 radical (unpaired) electrons. The molecule has 1 aromatic rings. The highest BCUT2D eigenvalue weighted by molar-refractivity contribution is 6.28. The van der Waals surface area contributed by atoms with Crippen LogP contribution in [0.25, 0.3) is 0 Å². The number of hydrogen-bond acceptors (Lipinski definition) is 3. The predicted octanol–water partition coefficient (Wildman–Crippen LogP) is 1.43. The van der Waals surface area contributed by atoms with E-state index < -0.39 is 0 Å². The summed E-state index contributed by atoms with van der Waals surface area (Å²) in [5, 5.41) is 6.68. The van der Waals surface area contributed by atoms with Gasteiger partial charge in [-0.15, -0.1) is 11.6 Å². The number of fused-ring (bicyclic) bond motifs is 1. The number of benzene rings is 1. The Balaban J connectivity index is 2.27. The fraction of sp³-hybridized carbons (Fsp3) is 0.364. The Kier molecular flexibility index (Phi) is 3.64. The molecule has 0 amide bonds. The predicted molar refractivity (Wildman–Crippen MR) is 68.6 cm³/mol. The summed E-state index contributed by atoms with van der Waals surface area (Å²) in [6.07, 6.45) is 0. The van der Waals surface area contributed by atoms with E-state index in [9.17, 15) is 0 Å². The highest BCUT2D eigenvalue weighted by atomic mass is 35.5. The minimum atomic E-state index is 0.258. The Morgan fingerprint density at radius 3 is 3.12 bits per heavy atom. The normalized spacial score (nSPS) is 16.2. The van der Waals surface area contributed by atoms with Crippen molar-refractivity contribution >= 4 is 28.8 Å². The summed E-state index contributed by atoms with van der Waals surface area (Å²) in [7, 11) is 0. The largest absolute Gasteiger partial charge is 0.386 e. The van der Waals surface area contributed by atoms with Gasteiger partial charge in [-0.3, -0.25) is 0 Å². The molecule has 0 saturated carbocycles. The van der Waals surface area contributed by atoms with E-state index in [4.69, 9.17) is 17.3 Å². The lowest BCUT2D eigenvalue weighted by atomic mass is 10.1. The minimum absolute atomic E-state index is 0.258. The first-order chi connectivity index (χ1) is 7.79. The molecule has 0 atom stereocenters. The number of amidine groups is 1. The van der Waals surface area contributed by atoms with Gasteiger partial charge in [0, 0.05) is 25.3 Å². The lowest BCUT2D eigenvalue weighted by Crippen LogP contribution is -2.16. The number of rotatable bonds is 2. The number of alkyl halides is 1. The Hall–Kier alpha value is -1.26. The van der Waals surface area contributed by atoms with Gasteiger partial charge in [-0.2, -0.15) is 0 Å². The second-order valence-electron chi connectivity index (χ2n) is 3.68. The molecule has 0 fully saturated rings. The molecule has 0 bridgehead atoms. The van der Waals surface area contributed by atoms with E-state index in [-0.39, 0.29) is 5.88 Å². The first-order valence-corrected chi connectivity index (χ1v) is 5.79. The number of hydrogen-bond donors (Lipinski definition) is 3. The van der Waals surface area contributed by atoms with Gasteiger partial charge in [-0.25, -0.2) is 4.99 Å². The smallest absolute Gasteiger partial charge is 0.115 e. The molecule has 5 heteroatoms. The van der Waals surface area contributed by atoms with Crippen LogP contribution in [0.3, 0.4) is 0 Å². The first kappa shape index (κ1) is 11.2. The summed E-state index contributed by atoms with van der Waals surface area (Å²) in [6.45, 7) is 2.77. The van der Waals surface area contributed by atoms with E-state index in [1.54, 1.807) is 0 Å². The Morgan fingerprint density at radius 2 is 2.31 bits per heavy atom. The average Bonchev–Trinajstić information content (AvgIpc) is 2.53. The molecule has 1 aliphatic heterocycles. The van der Waals surface area contributed by atoms with Crippen molar-refractivity contribution in [1.29, 1.82) is 0 Å². The van der Waals surface area contributed by atoms with Crippen LogP contribution >= 0.6 is 11.6 Å². The number of halogens is 1. The summed E-state index contributed by atoms with van der Waals surface area (Å²) >= 11 is 5.59. The van der Waals surface area contributed by atoms with Crippen molar-refractivity contribution in [2.75, 3.05) is 24.3 Å². The highest BCUT2D eigenvalue weighted by Crippen LogP contribution is 2.23. The molecular formula is C11H15ClN4. The van der Waals surface area contributed by atoms with Crippen molar-refractivity contribution in [2.45, 2.75) is 6.54 Å². The average molecular weight is 239 g/mol. The molecule has 16 heavy (non-hydrogen) atoms. The van der Waals surface area contributed by atoms with Crippen LogP contribution in [-0.2, 0) is 6.54 Å². The van der Waals surface area contributed by atoms with Gasteiger partial charge < -0.3 is 16.4 Å². The van der Waals surface area contributed by atoms with Crippen LogP contribution in [0.2, 0.25) is 0 Å². The van der Waals surface area contributed by atoms with Gasteiger partial charge >= 0.3 is 0 Å². The summed E-state index contributed by atoms with van der Waals surface area (Å²) in [6, 6.07) is 6.00. The molecule has 2 rings (SSSR count). The zero-order chi connectivity index (χ0) is 11.4. The Labute approximate surface area is 99.9 Å². The van der Waals surface area contributed by atoms with E-state index in [0.717, 1.165) is 31.0 Å². The third-order valence-electron chi connectivity index (χ3n) is 2.43. The number of nitrogens with zero attached hydrogens (tertiary/aromatic N) is 1. The second kappa shape index (κ2) is 5.18. The van der Waals surface area contributed by atoms with Crippen molar-refractivity contribution in [3.63, 3.8) is 0 Å². The fourth-order valence-electron chi connectivity index (χ4n) is 1.67. The molecule has 0 aliphatic carbocycles. The SMILES string of the molecule is NC(CCl)=Nc1ccc2c(c1)CNCCN2. The molecule has 0 unspecified atom stereocenters. The topological polar surface area (TPSA) is 62.4 Å². The monoisotopic (exact) mass is 238 g/mol. The number of aliphatic imine (C=N–C) groups is 1. The summed E-state index contributed by atoms with van der Waals surface area (Å²) < 4.78 is 0. The summed E-state index contributed by atoms with van der Waals surface area (Å²) in [4.78, 5) is 4.22. The number of anilines is 1. The quantitative estimate of drug-likeness (QED) is 0.415. The van der Waals surface area contributed by atoms with Crippen molar-refractivity contribution in [3.05, 3.63) is 23.8 Å². The third kappa shape index (κ3) is 2.65. The van der Waals surface area contributed by atoms with E-state index >= 15 is 0 Å². The van der Waals surface area contributed by atoms with Crippen LogP contribution in [0.15, 0.2) is 23.2 Å². The molecule has 0 aromatic heterocycles. The van der Waals surface area contributed by atoms with Crippen LogP contribution in [0, 0.1) is 0 Å². The Morgan fingerprint density at radius 1 is 1.44 bits per heavy atom. The molecule has 0 spiro atoms. The molecule has 1 aromatic carbocycles. The zero-order valence-electron chi connectivity index (χ0n) is 8.96. The molecular weight excluding hydrogens is 224 g/mol. The molecule has 1 heterocycles. The standard InChI is InChI=1S/C11H15ClN4/c12-6-11(13)16-9-1-2-10-8(5-9)7-14-3-4-15-10/h1-2,5,14-15H,3-4,6-7H2,(H2,13,16). The fourth-order valence-corrected chi connectivity index (χ4v) is 1.73. The van der Waals surface area contributed by atoms with Gasteiger partial charge in [0.05, 0.1) is 11.6 Å². The van der Waals surface area contributed by atoms with Crippen molar-refractivity contribution < 1.29 is 0 Å². The van der Waals surface area contributed by atoms with Gasteiger partial charge in [0.1, 0.15) is 5.84 Å². The van der Waals surface area contributed by atoms with Crippen molar-refractivity contribution in [1.82, 2.24) is 5.32 Å². The van der Waals surface area contributed by atoms with Crippen molar-refractivity contribution in [2.24, 2.45) is 10.7 Å². The van der Waals surface area contributed by atoms with Gasteiger partial charge in [0.15, 0.2) is 0 Å². The van der Waals surface area contributed by atoms with E-state index in [1.807, 2.05) is 18.2 Å². The maximum atomic E-state index is 5.60. The van der Waals surface area contributed by atoms with Crippen molar-refractivity contribution in [3.8, 4) is 0 Å². The van der Waals surface area contributed by atoms with Crippen LogP contribution < -0.4 is 16.4 Å². The van der Waals surface area contributed by atoms with E-state index in [2.05, 4.69) is 15.6 Å². The van der Waals surface area contributed by atoms with Gasteiger partial charge in [0.25, 0.3) is 0 Å². The molecule has 1 aliphatic rings. The van der Waals surface area contributed by atoms with Gasteiger partial charge in [-0.1, -0.05) is 0 Å². The number of nitrogens with two attached hydrogens (primary N) is 1. The minimum Gasteiger partial charge on any atom is -0.386 e. The van der Waals surface area contributed by atoms with E-state index in [1.165, 1.54) is 5.56 Å². The summed E-state index contributed by atoms with van der Waals surface area (Å²) in [5.41, 5.74) is 8.82. The Bertz CT molecular complexity index is 403. The first-order valence-electron chi connectivity index (χ1n) is 5.26. The molecule has 4 N–H and O–H groups in total. The lowest BCUT2D eigenvalue weighted by Gasteiger charge is -2.07. The van der Waals surface area contributed by atoms with Gasteiger partial charge in [-0.05, 0) is 23.8 Å². The maximum Gasteiger partial charge on any atom is 0.115 e. The van der Waals surface area contributed by atoms with E-state index in [0.29, 0.717) is 5.84 Å². The van der Waals surface area contributed by atoms with Crippen LogP contribution in [0.5, 0.6) is 0 Å².